The molecule has 7 nitrogen and oxygen atoms in total. The Morgan fingerprint density at radius 1 is 0.909 bits per heavy atom. The SMILES string of the molecule is C[N+](C)(C)c1ccc(CC(=O)OCCCCCCCCOc2cccc([N+](=O)[O-])c2)cc1.[I-]. The zero-order valence-corrected chi connectivity index (χ0v) is 22.0. The van der Waals surface area contributed by atoms with Crippen molar-refractivity contribution in [3.63, 3.8) is 0 Å². The summed E-state index contributed by atoms with van der Waals surface area (Å²) in [4.78, 5) is 22.3. The van der Waals surface area contributed by atoms with E-state index in [0.29, 0.717) is 25.4 Å². The number of hydrogen-bond donors (Lipinski definition) is 0. The second-order valence-electron chi connectivity index (χ2n) is 8.80. The van der Waals surface area contributed by atoms with Gasteiger partial charge >= 0.3 is 5.97 Å². The van der Waals surface area contributed by atoms with Crippen molar-refractivity contribution in [2.24, 2.45) is 0 Å². The molecule has 0 saturated heterocycles. The molecule has 2 aromatic rings. The molecule has 0 bridgehead atoms. The van der Waals surface area contributed by atoms with E-state index in [1.54, 1.807) is 12.1 Å². The second kappa shape index (κ2) is 14.8. The van der Waals surface area contributed by atoms with E-state index in [9.17, 15) is 14.9 Å². The third-order valence-corrected chi connectivity index (χ3v) is 5.16. The Morgan fingerprint density at radius 3 is 2.12 bits per heavy atom. The molecule has 0 aliphatic carbocycles. The first-order valence-electron chi connectivity index (χ1n) is 11.2. The molecule has 2 aromatic carbocycles. The van der Waals surface area contributed by atoms with Crippen molar-refractivity contribution in [3.8, 4) is 5.75 Å². The zero-order chi connectivity index (χ0) is 23.4. The summed E-state index contributed by atoms with van der Waals surface area (Å²) in [5, 5.41) is 10.8. The Labute approximate surface area is 213 Å². The molecule has 8 heteroatoms. The van der Waals surface area contributed by atoms with Gasteiger partial charge in [0.25, 0.3) is 5.69 Å². The summed E-state index contributed by atoms with van der Waals surface area (Å²) in [7, 11) is 6.33. The number of nitro groups is 1. The summed E-state index contributed by atoms with van der Waals surface area (Å²) in [6.45, 7) is 1.01. The fourth-order valence-electron chi connectivity index (χ4n) is 3.25. The fraction of sp³-hybridized carbons (Fsp3) is 0.480. The molecule has 0 fully saturated rings. The van der Waals surface area contributed by atoms with Crippen molar-refractivity contribution in [1.82, 2.24) is 4.48 Å². The predicted octanol–water partition coefficient (Wildman–Crippen LogP) is 2.30. The quantitative estimate of drug-likeness (QED) is 0.0871. The molecule has 0 amide bonds. The van der Waals surface area contributed by atoms with Crippen molar-refractivity contribution in [2.75, 3.05) is 34.4 Å². The fourth-order valence-corrected chi connectivity index (χ4v) is 3.25. The molecule has 0 aromatic heterocycles. The number of nitrogens with zero attached hydrogens (tertiary/aromatic N) is 2. The van der Waals surface area contributed by atoms with E-state index in [4.69, 9.17) is 9.47 Å². The zero-order valence-electron chi connectivity index (χ0n) is 19.8. The number of carbonyl (C=O) groups is 1. The van der Waals surface area contributed by atoms with E-state index in [1.807, 2.05) is 12.1 Å². The van der Waals surface area contributed by atoms with Crippen molar-refractivity contribution < 1.29 is 43.2 Å². The standard InChI is InChI=1S/C25H35N2O5.HI/c1-27(2,3)23-15-13-21(14-16-23)19-25(28)32-18-9-7-5-4-6-8-17-31-24-12-10-11-22(20-24)26(29)30;/h10-16,20H,4-9,17-19H2,1-3H3;1H/q+1;/p-1. The van der Waals surface area contributed by atoms with Crippen LogP contribution in [0.4, 0.5) is 11.4 Å². The summed E-state index contributed by atoms with van der Waals surface area (Å²) < 4.78 is 11.7. The first kappa shape index (κ1) is 28.8. The van der Waals surface area contributed by atoms with Gasteiger partial charge in [0.2, 0.25) is 0 Å². The molecule has 0 aliphatic heterocycles. The minimum Gasteiger partial charge on any atom is -1.00 e. The van der Waals surface area contributed by atoms with Crippen LogP contribution in [0, 0.1) is 10.1 Å². The monoisotopic (exact) mass is 570 g/mol. The minimum atomic E-state index is -0.423. The molecule has 0 aliphatic rings. The number of unbranched alkanes of at least 4 members (excludes halogenated alkanes) is 5. The first-order chi connectivity index (χ1) is 15.3. The Hall–Kier alpha value is -2.20. The maximum atomic E-state index is 12.0. The normalized spacial score (nSPS) is 10.9. The van der Waals surface area contributed by atoms with Crippen LogP contribution in [0.5, 0.6) is 5.75 Å². The number of rotatable bonds is 14. The number of ether oxygens (including phenoxy) is 2. The molecule has 0 spiro atoms. The minimum absolute atomic E-state index is 0. The lowest BCUT2D eigenvalue weighted by molar-refractivity contribution is -0.384. The Morgan fingerprint density at radius 2 is 1.52 bits per heavy atom. The van der Waals surface area contributed by atoms with Crippen LogP contribution in [-0.2, 0) is 16.0 Å². The molecule has 0 N–H and O–H groups in total. The average molecular weight is 570 g/mol. The molecule has 0 heterocycles. The number of non-ortho nitro benzene ring substituents is 1. The van der Waals surface area contributed by atoms with Crippen LogP contribution in [0.15, 0.2) is 48.5 Å². The van der Waals surface area contributed by atoms with Crippen molar-refractivity contribution >= 4 is 17.3 Å². The number of halogens is 1. The second-order valence-corrected chi connectivity index (χ2v) is 8.80. The van der Waals surface area contributed by atoms with Gasteiger partial charge in [-0.05, 0) is 36.6 Å². The number of nitro benzene ring substituents is 1. The number of benzene rings is 2. The molecular formula is C25H35IN2O5. The first-order valence-corrected chi connectivity index (χ1v) is 11.2. The Balaban J connectivity index is 0.00000544. The highest BCUT2D eigenvalue weighted by atomic mass is 127. The van der Waals surface area contributed by atoms with Crippen LogP contribution in [0.3, 0.4) is 0 Å². The van der Waals surface area contributed by atoms with Crippen molar-refractivity contribution in [1.29, 1.82) is 0 Å². The summed E-state index contributed by atoms with van der Waals surface area (Å²) >= 11 is 0. The van der Waals surface area contributed by atoms with Crippen LogP contribution in [0.1, 0.15) is 44.1 Å². The molecule has 0 unspecified atom stereocenters. The highest BCUT2D eigenvalue weighted by Gasteiger charge is 2.12. The van der Waals surface area contributed by atoms with E-state index in [-0.39, 0.29) is 35.6 Å². The van der Waals surface area contributed by atoms with Gasteiger partial charge in [-0.1, -0.05) is 43.9 Å². The number of esters is 1. The Bertz CT molecular complexity index is 866. The summed E-state index contributed by atoms with van der Waals surface area (Å²) in [5.41, 5.74) is 2.21. The third-order valence-electron chi connectivity index (χ3n) is 5.16. The predicted molar refractivity (Wildman–Crippen MR) is 127 cm³/mol. The lowest BCUT2D eigenvalue weighted by Crippen LogP contribution is -3.00. The average Bonchev–Trinajstić information content (AvgIpc) is 2.75. The van der Waals surface area contributed by atoms with Crippen LogP contribution in [-0.4, -0.2) is 45.2 Å². The van der Waals surface area contributed by atoms with Gasteiger partial charge in [0.15, 0.2) is 0 Å². The molecule has 0 radical (unpaired) electrons. The van der Waals surface area contributed by atoms with Gasteiger partial charge in [0.05, 0.1) is 51.8 Å². The van der Waals surface area contributed by atoms with Gasteiger partial charge in [-0.3, -0.25) is 19.4 Å². The third kappa shape index (κ3) is 11.5. The van der Waals surface area contributed by atoms with E-state index < -0.39 is 4.92 Å². The number of quaternary nitrogens is 1. The molecule has 2 rings (SSSR count). The van der Waals surface area contributed by atoms with Crippen molar-refractivity contribution in [3.05, 3.63) is 64.2 Å². The summed E-state index contributed by atoms with van der Waals surface area (Å²) in [6.07, 6.45) is 6.32. The van der Waals surface area contributed by atoms with Gasteiger partial charge in [-0.15, -0.1) is 0 Å². The van der Waals surface area contributed by atoms with Gasteiger partial charge in [0.1, 0.15) is 11.4 Å². The van der Waals surface area contributed by atoms with Crippen LogP contribution in [0.25, 0.3) is 0 Å². The van der Waals surface area contributed by atoms with Gasteiger partial charge in [0, 0.05) is 6.07 Å². The van der Waals surface area contributed by atoms with Crippen LogP contribution < -0.4 is 33.2 Å². The molecule has 0 atom stereocenters. The largest absolute Gasteiger partial charge is 1.00 e. The van der Waals surface area contributed by atoms with Crippen molar-refractivity contribution in [2.45, 2.75) is 44.9 Å². The highest BCUT2D eigenvalue weighted by Crippen LogP contribution is 2.20. The van der Waals surface area contributed by atoms with E-state index in [1.165, 1.54) is 17.8 Å². The molecular weight excluding hydrogens is 535 g/mol. The maximum absolute atomic E-state index is 12.0. The topological polar surface area (TPSA) is 78.7 Å². The lowest BCUT2D eigenvalue weighted by Gasteiger charge is -2.23. The Kier molecular flexibility index (Phi) is 13.0. The van der Waals surface area contributed by atoms with Gasteiger partial charge in [-0.2, -0.15) is 0 Å². The smallest absolute Gasteiger partial charge is 0.310 e. The van der Waals surface area contributed by atoms with E-state index >= 15 is 0 Å². The molecule has 182 valence electrons. The van der Waals surface area contributed by atoms with Gasteiger partial charge in [-0.25, -0.2) is 0 Å². The van der Waals surface area contributed by atoms with Gasteiger partial charge < -0.3 is 33.5 Å². The molecule has 33 heavy (non-hydrogen) atoms. The highest BCUT2D eigenvalue weighted by molar-refractivity contribution is 5.72. The number of carbonyl (C=O) groups excluding carboxylic acids is 1. The van der Waals surface area contributed by atoms with E-state index in [0.717, 1.165) is 48.6 Å². The lowest BCUT2D eigenvalue weighted by atomic mass is 10.1. The van der Waals surface area contributed by atoms with Crippen LogP contribution in [0.2, 0.25) is 0 Å². The summed E-state index contributed by atoms with van der Waals surface area (Å²) in [6, 6.07) is 14.3. The van der Waals surface area contributed by atoms with E-state index in [2.05, 4.69) is 33.3 Å². The molecule has 0 saturated carbocycles. The summed E-state index contributed by atoms with van der Waals surface area (Å²) in [5.74, 6) is 0.353. The maximum Gasteiger partial charge on any atom is 0.310 e. The van der Waals surface area contributed by atoms with Crippen LogP contribution >= 0.6 is 0 Å². The number of hydrogen-bond acceptors (Lipinski definition) is 5.